The number of rotatable bonds is 6. The van der Waals surface area contributed by atoms with Crippen LogP contribution >= 0.6 is 11.3 Å². The van der Waals surface area contributed by atoms with E-state index in [1.807, 2.05) is 35.4 Å². The fourth-order valence-electron chi connectivity index (χ4n) is 5.00. The fraction of sp³-hybridized carbons (Fsp3) is 0.241. The molecule has 0 atom stereocenters. The van der Waals surface area contributed by atoms with Crippen molar-refractivity contribution in [2.75, 3.05) is 18.4 Å². The quantitative estimate of drug-likeness (QED) is 0.273. The zero-order chi connectivity index (χ0) is 26.2. The molecule has 0 spiro atoms. The number of benzene rings is 2. The van der Waals surface area contributed by atoms with Gasteiger partial charge in [0.15, 0.2) is 11.5 Å². The number of nitrogens with zero attached hydrogens (tertiary/aromatic N) is 2. The maximum atomic E-state index is 13.0. The third kappa shape index (κ3) is 4.72. The third-order valence-electron chi connectivity index (χ3n) is 7.09. The van der Waals surface area contributed by atoms with Gasteiger partial charge in [-0.15, -0.1) is 11.3 Å². The Hall–Kier alpha value is -4.24. The van der Waals surface area contributed by atoms with E-state index in [0.717, 1.165) is 39.7 Å². The highest BCUT2D eigenvalue weighted by molar-refractivity contribution is 7.10. The monoisotopic (exact) mass is 526 g/mol. The lowest BCUT2D eigenvalue weighted by Gasteiger charge is -2.31. The standard InChI is InChI=1S/C29H26N4O4S/c1-17(34)26-13-19-12-21(6-7-25(19)37-26)31-28(36)24-16-38-29(32-24)18-8-10-33(11-9-18)27(35)14-20-15-30-23-5-3-2-4-22(20)23/h2-7,12-13,15-16,18,30H,8-11,14H2,1H3,(H,31,36). The van der Waals surface area contributed by atoms with Gasteiger partial charge in [-0.2, -0.15) is 0 Å². The van der Waals surface area contributed by atoms with E-state index in [9.17, 15) is 14.4 Å². The fourth-order valence-corrected chi connectivity index (χ4v) is 5.97. The molecule has 3 aromatic heterocycles. The predicted octanol–water partition coefficient (Wildman–Crippen LogP) is 5.77. The number of hydrogen-bond acceptors (Lipinski definition) is 6. The smallest absolute Gasteiger partial charge is 0.275 e. The first-order chi connectivity index (χ1) is 18.4. The van der Waals surface area contributed by atoms with E-state index >= 15 is 0 Å². The van der Waals surface area contributed by atoms with Gasteiger partial charge in [0.2, 0.25) is 5.91 Å². The number of likely N-dealkylation sites (tertiary alicyclic amines) is 1. The number of H-pyrrole nitrogens is 1. The molecular weight excluding hydrogens is 500 g/mol. The zero-order valence-corrected chi connectivity index (χ0v) is 21.6. The van der Waals surface area contributed by atoms with Crippen LogP contribution in [0.5, 0.6) is 0 Å². The van der Waals surface area contributed by atoms with Gasteiger partial charge in [0.25, 0.3) is 5.91 Å². The van der Waals surface area contributed by atoms with E-state index in [0.29, 0.717) is 42.2 Å². The van der Waals surface area contributed by atoms with Gasteiger partial charge in [-0.1, -0.05) is 18.2 Å². The van der Waals surface area contributed by atoms with Gasteiger partial charge in [-0.05, 0) is 48.7 Å². The number of amides is 2. The average Bonchev–Trinajstić information content (AvgIpc) is 3.67. The molecule has 9 heteroatoms. The van der Waals surface area contributed by atoms with E-state index < -0.39 is 0 Å². The zero-order valence-electron chi connectivity index (χ0n) is 20.8. The molecule has 1 saturated heterocycles. The van der Waals surface area contributed by atoms with Crippen LogP contribution in [-0.2, 0) is 11.2 Å². The summed E-state index contributed by atoms with van der Waals surface area (Å²) in [6.45, 7) is 2.81. The minimum absolute atomic E-state index is 0.137. The highest BCUT2D eigenvalue weighted by atomic mass is 32.1. The largest absolute Gasteiger partial charge is 0.453 e. The van der Waals surface area contributed by atoms with Crippen LogP contribution in [-0.4, -0.2) is 45.6 Å². The van der Waals surface area contributed by atoms with E-state index in [1.54, 1.807) is 29.6 Å². The van der Waals surface area contributed by atoms with Gasteiger partial charge < -0.3 is 19.6 Å². The summed E-state index contributed by atoms with van der Waals surface area (Å²) in [7, 11) is 0. The Bertz CT molecular complexity index is 1670. The van der Waals surface area contributed by atoms with Gasteiger partial charge in [-0.25, -0.2) is 4.98 Å². The Morgan fingerprint density at radius 1 is 1.13 bits per heavy atom. The molecule has 2 N–H and O–H groups in total. The van der Waals surface area contributed by atoms with Crippen LogP contribution in [0.25, 0.3) is 21.9 Å². The van der Waals surface area contributed by atoms with Crippen molar-refractivity contribution < 1.29 is 18.8 Å². The first-order valence-corrected chi connectivity index (χ1v) is 13.5. The van der Waals surface area contributed by atoms with Crippen molar-refractivity contribution in [2.24, 2.45) is 0 Å². The number of carbonyl (C=O) groups excluding carboxylic acids is 3. The molecule has 1 aliphatic heterocycles. The minimum atomic E-state index is -0.284. The molecule has 6 rings (SSSR count). The first kappa shape index (κ1) is 24.1. The second kappa shape index (κ2) is 9.90. The number of hydrogen-bond donors (Lipinski definition) is 2. The highest BCUT2D eigenvalue weighted by Crippen LogP contribution is 2.31. The van der Waals surface area contributed by atoms with Gasteiger partial charge in [0.1, 0.15) is 11.3 Å². The van der Waals surface area contributed by atoms with Crippen LogP contribution in [0.15, 0.2) is 64.5 Å². The number of fused-ring (bicyclic) bond motifs is 2. The van der Waals surface area contributed by atoms with Crippen LogP contribution in [0.1, 0.15) is 57.3 Å². The number of para-hydroxylation sites is 1. The van der Waals surface area contributed by atoms with Crippen LogP contribution in [0, 0.1) is 0 Å². The lowest BCUT2D eigenvalue weighted by Crippen LogP contribution is -2.38. The van der Waals surface area contributed by atoms with Crippen LogP contribution in [0.4, 0.5) is 5.69 Å². The second-order valence-corrected chi connectivity index (χ2v) is 10.5. The number of aromatic nitrogens is 2. The summed E-state index contributed by atoms with van der Waals surface area (Å²) < 4.78 is 5.51. The van der Waals surface area contributed by atoms with Crippen molar-refractivity contribution in [3.63, 3.8) is 0 Å². The number of piperidine rings is 1. The molecule has 192 valence electrons. The maximum absolute atomic E-state index is 13.0. The molecule has 1 fully saturated rings. The van der Waals surface area contributed by atoms with Crippen molar-refractivity contribution in [3.8, 4) is 0 Å². The topological polar surface area (TPSA) is 108 Å². The van der Waals surface area contributed by atoms with Crippen molar-refractivity contribution >= 4 is 56.5 Å². The molecular formula is C29H26N4O4S. The summed E-state index contributed by atoms with van der Waals surface area (Å²) in [5, 5.41) is 7.43. The van der Waals surface area contributed by atoms with E-state index in [4.69, 9.17) is 4.42 Å². The summed E-state index contributed by atoms with van der Waals surface area (Å²) >= 11 is 1.49. The molecule has 0 bridgehead atoms. The predicted molar refractivity (Wildman–Crippen MR) is 147 cm³/mol. The summed E-state index contributed by atoms with van der Waals surface area (Å²) in [5.41, 5.74) is 3.64. The summed E-state index contributed by atoms with van der Waals surface area (Å²) in [6.07, 6.45) is 3.96. The van der Waals surface area contributed by atoms with Crippen molar-refractivity contribution in [1.82, 2.24) is 14.9 Å². The van der Waals surface area contributed by atoms with Gasteiger partial charge in [0, 0.05) is 59.5 Å². The molecule has 0 unspecified atom stereocenters. The number of Topliss-reactive ketones (excluding diaryl/α,β-unsaturated/α-hetero) is 1. The normalized spacial score (nSPS) is 14.3. The highest BCUT2D eigenvalue weighted by Gasteiger charge is 2.27. The Morgan fingerprint density at radius 2 is 1.95 bits per heavy atom. The second-order valence-electron chi connectivity index (χ2n) is 9.64. The number of aromatic amines is 1. The van der Waals surface area contributed by atoms with E-state index in [2.05, 4.69) is 15.3 Å². The Labute approximate surface area is 222 Å². The molecule has 38 heavy (non-hydrogen) atoms. The summed E-state index contributed by atoms with van der Waals surface area (Å²) in [5.74, 6) is 0.224. The van der Waals surface area contributed by atoms with E-state index in [1.165, 1.54) is 18.3 Å². The SMILES string of the molecule is CC(=O)c1cc2cc(NC(=O)c3csc(C4CCN(C(=O)Cc5c[nH]c6ccccc56)CC4)n3)ccc2o1. The Kier molecular flexibility index (Phi) is 6.29. The van der Waals surface area contributed by atoms with E-state index in [-0.39, 0.29) is 23.5 Å². The van der Waals surface area contributed by atoms with Crippen molar-refractivity contribution in [2.45, 2.75) is 32.1 Å². The van der Waals surface area contributed by atoms with Crippen LogP contribution in [0.2, 0.25) is 0 Å². The van der Waals surface area contributed by atoms with Crippen LogP contribution in [0.3, 0.4) is 0 Å². The molecule has 0 saturated carbocycles. The maximum Gasteiger partial charge on any atom is 0.275 e. The molecule has 2 amide bonds. The third-order valence-corrected chi connectivity index (χ3v) is 8.10. The van der Waals surface area contributed by atoms with Crippen molar-refractivity contribution in [3.05, 3.63) is 82.1 Å². The lowest BCUT2D eigenvalue weighted by molar-refractivity contribution is -0.131. The van der Waals surface area contributed by atoms with Gasteiger partial charge >= 0.3 is 0 Å². The number of ketones is 1. The minimum Gasteiger partial charge on any atom is -0.453 e. The first-order valence-electron chi connectivity index (χ1n) is 12.6. The van der Waals surface area contributed by atoms with Gasteiger partial charge in [0.05, 0.1) is 11.4 Å². The Balaban J connectivity index is 1.05. The Morgan fingerprint density at radius 3 is 2.76 bits per heavy atom. The number of furan rings is 1. The summed E-state index contributed by atoms with van der Waals surface area (Å²) in [4.78, 5) is 47.2. The molecule has 5 aromatic rings. The van der Waals surface area contributed by atoms with Gasteiger partial charge in [-0.3, -0.25) is 14.4 Å². The number of nitrogens with one attached hydrogen (secondary N) is 2. The lowest BCUT2D eigenvalue weighted by atomic mass is 9.97. The number of thiazole rings is 1. The average molecular weight is 527 g/mol. The van der Waals surface area contributed by atoms with Crippen LogP contribution < -0.4 is 5.32 Å². The molecule has 8 nitrogen and oxygen atoms in total. The molecule has 1 aliphatic rings. The number of anilines is 1. The number of carbonyl (C=O) groups is 3. The molecule has 0 radical (unpaired) electrons. The molecule has 0 aliphatic carbocycles. The molecule has 2 aromatic carbocycles. The molecule has 4 heterocycles. The summed E-state index contributed by atoms with van der Waals surface area (Å²) in [6, 6.07) is 14.9. The van der Waals surface area contributed by atoms with Crippen molar-refractivity contribution in [1.29, 1.82) is 0 Å².